The van der Waals surface area contributed by atoms with Gasteiger partial charge in [-0.1, -0.05) is 54.3 Å². The molecule has 0 aliphatic carbocycles. The molecular formula is C21H16N4O2S2. The number of aromatic nitrogens is 2. The summed E-state index contributed by atoms with van der Waals surface area (Å²) in [7, 11) is 0. The van der Waals surface area contributed by atoms with Gasteiger partial charge in [-0.2, -0.15) is 0 Å². The van der Waals surface area contributed by atoms with Crippen LogP contribution in [0, 0.1) is 0 Å². The van der Waals surface area contributed by atoms with E-state index in [1.807, 2.05) is 36.4 Å². The highest BCUT2D eigenvalue weighted by Gasteiger charge is 2.32. The first-order chi connectivity index (χ1) is 14.1. The summed E-state index contributed by atoms with van der Waals surface area (Å²) in [6.45, 7) is 0.232. The Morgan fingerprint density at radius 3 is 2.66 bits per heavy atom. The third-order valence-corrected chi connectivity index (χ3v) is 5.66. The van der Waals surface area contributed by atoms with Gasteiger partial charge in [0.1, 0.15) is 4.32 Å². The molecule has 1 aliphatic rings. The molecule has 0 bridgehead atoms. The fourth-order valence-corrected chi connectivity index (χ4v) is 4.18. The van der Waals surface area contributed by atoms with Crippen molar-refractivity contribution in [3.63, 3.8) is 0 Å². The van der Waals surface area contributed by atoms with E-state index in [4.69, 9.17) is 12.2 Å². The van der Waals surface area contributed by atoms with Gasteiger partial charge in [0.15, 0.2) is 0 Å². The summed E-state index contributed by atoms with van der Waals surface area (Å²) < 4.78 is 0.464. The summed E-state index contributed by atoms with van der Waals surface area (Å²) >= 11 is 6.58. The van der Waals surface area contributed by atoms with Crippen molar-refractivity contribution in [2.75, 3.05) is 11.9 Å². The molecule has 4 rings (SSSR count). The number of rotatable bonds is 5. The van der Waals surface area contributed by atoms with Crippen molar-refractivity contribution >= 4 is 62.9 Å². The zero-order valence-electron chi connectivity index (χ0n) is 15.2. The maximum absolute atomic E-state index is 12.6. The minimum Gasteiger partial charge on any atom is -0.326 e. The summed E-state index contributed by atoms with van der Waals surface area (Å²) in [5.74, 6) is -0.369. The number of amides is 2. The zero-order chi connectivity index (χ0) is 20.2. The van der Waals surface area contributed by atoms with Gasteiger partial charge in [0.2, 0.25) is 5.91 Å². The Kier molecular flexibility index (Phi) is 5.64. The fraction of sp³-hybridized carbons (Fsp3) is 0.0952. The molecule has 1 saturated heterocycles. The van der Waals surface area contributed by atoms with Crippen molar-refractivity contribution in [1.82, 2.24) is 14.9 Å². The van der Waals surface area contributed by atoms with Crippen LogP contribution in [0.3, 0.4) is 0 Å². The number of hydrogen-bond donors (Lipinski definition) is 1. The Bertz CT molecular complexity index is 1130. The fourth-order valence-electron chi connectivity index (χ4n) is 2.87. The molecule has 0 unspecified atom stereocenters. The summed E-state index contributed by atoms with van der Waals surface area (Å²) in [6, 6.07) is 14.9. The molecule has 1 N–H and O–H groups in total. The van der Waals surface area contributed by atoms with Crippen molar-refractivity contribution < 1.29 is 9.59 Å². The second-order valence-corrected chi connectivity index (χ2v) is 7.98. The largest absolute Gasteiger partial charge is 0.326 e. The molecule has 29 heavy (non-hydrogen) atoms. The molecule has 8 heteroatoms. The first kappa shape index (κ1) is 19.2. The van der Waals surface area contributed by atoms with Crippen LogP contribution in [-0.4, -0.2) is 37.5 Å². The lowest BCUT2D eigenvalue weighted by Crippen LogP contribution is -2.31. The highest BCUT2D eigenvalue weighted by Crippen LogP contribution is 2.32. The molecule has 3 aromatic rings. The van der Waals surface area contributed by atoms with Crippen molar-refractivity contribution in [2.24, 2.45) is 0 Å². The third kappa shape index (κ3) is 4.49. The second kappa shape index (κ2) is 8.50. The zero-order valence-corrected chi connectivity index (χ0v) is 16.9. The van der Waals surface area contributed by atoms with Gasteiger partial charge in [0, 0.05) is 31.0 Å². The van der Waals surface area contributed by atoms with E-state index >= 15 is 0 Å². The normalized spacial score (nSPS) is 15.3. The van der Waals surface area contributed by atoms with Crippen molar-refractivity contribution in [2.45, 2.75) is 6.42 Å². The van der Waals surface area contributed by atoms with Gasteiger partial charge >= 0.3 is 0 Å². The second-order valence-electron chi connectivity index (χ2n) is 6.30. The summed E-state index contributed by atoms with van der Waals surface area (Å²) in [5.41, 5.74) is 3.03. The number of carbonyl (C=O) groups excluding carboxylic acids is 2. The number of anilines is 1. The van der Waals surface area contributed by atoms with E-state index in [1.54, 1.807) is 30.6 Å². The molecule has 2 heterocycles. The van der Waals surface area contributed by atoms with Crippen LogP contribution < -0.4 is 5.32 Å². The van der Waals surface area contributed by atoms with Crippen molar-refractivity contribution in [3.05, 3.63) is 71.4 Å². The Hall–Kier alpha value is -3.10. The van der Waals surface area contributed by atoms with E-state index in [-0.39, 0.29) is 24.8 Å². The quantitative estimate of drug-likeness (QED) is 0.499. The lowest BCUT2D eigenvalue weighted by atomic mass is 10.2. The molecule has 0 atom stereocenters. The molecule has 0 radical (unpaired) electrons. The molecule has 1 fully saturated rings. The molecular weight excluding hydrogens is 404 g/mol. The smallest absolute Gasteiger partial charge is 0.266 e. The van der Waals surface area contributed by atoms with Crippen LogP contribution in [0.25, 0.3) is 17.1 Å². The first-order valence-corrected chi connectivity index (χ1v) is 10.1. The SMILES string of the molecule is O=C(CCN1C(=O)/C(=C\c2ccccc2)SC1=S)Nc1ccc2nccnc2c1. The predicted molar refractivity (Wildman–Crippen MR) is 119 cm³/mol. The maximum atomic E-state index is 12.6. The lowest BCUT2D eigenvalue weighted by molar-refractivity contribution is -0.122. The third-order valence-electron chi connectivity index (χ3n) is 4.29. The van der Waals surface area contributed by atoms with Crippen molar-refractivity contribution in [3.8, 4) is 0 Å². The first-order valence-electron chi connectivity index (χ1n) is 8.91. The van der Waals surface area contributed by atoms with Gasteiger partial charge in [-0.3, -0.25) is 24.5 Å². The predicted octanol–water partition coefficient (Wildman–Crippen LogP) is 3.86. The molecule has 144 valence electrons. The Morgan fingerprint density at radius 2 is 1.86 bits per heavy atom. The average Bonchev–Trinajstić information content (AvgIpc) is 2.99. The summed E-state index contributed by atoms with van der Waals surface area (Å²) in [6.07, 6.45) is 5.18. The number of benzene rings is 2. The Morgan fingerprint density at radius 1 is 1.10 bits per heavy atom. The van der Waals surface area contributed by atoms with E-state index < -0.39 is 0 Å². The van der Waals surface area contributed by atoms with Gasteiger partial charge in [-0.25, -0.2) is 0 Å². The van der Waals surface area contributed by atoms with Gasteiger partial charge in [0.25, 0.3) is 5.91 Å². The van der Waals surface area contributed by atoms with Crippen LogP contribution >= 0.6 is 24.0 Å². The van der Waals surface area contributed by atoms with Crippen LogP contribution in [0.5, 0.6) is 0 Å². The topological polar surface area (TPSA) is 75.2 Å². The molecule has 6 nitrogen and oxygen atoms in total. The molecule has 0 spiro atoms. The van der Waals surface area contributed by atoms with Gasteiger partial charge in [-0.05, 0) is 29.8 Å². The van der Waals surface area contributed by atoms with Gasteiger partial charge in [-0.15, -0.1) is 0 Å². The van der Waals surface area contributed by atoms with E-state index in [9.17, 15) is 9.59 Å². The number of carbonyl (C=O) groups is 2. The van der Waals surface area contributed by atoms with Crippen LogP contribution in [0.4, 0.5) is 5.69 Å². The van der Waals surface area contributed by atoms with E-state index in [2.05, 4.69) is 15.3 Å². The number of fused-ring (bicyclic) bond motifs is 1. The molecule has 2 amide bonds. The minimum absolute atomic E-state index is 0.142. The van der Waals surface area contributed by atoms with Gasteiger partial charge in [0.05, 0.1) is 15.9 Å². The maximum Gasteiger partial charge on any atom is 0.266 e. The molecule has 1 aliphatic heterocycles. The lowest BCUT2D eigenvalue weighted by Gasteiger charge is -2.14. The van der Waals surface area contributed by atoms with E-state index in [0.717, 1.165) is 11.1 Å². The monoisotopic (exact) mass is 420 g/mol. The van der Waals surface area contributed by atoms with Crippen LogP contribution in [0.1, 0.15) is 12.0 Å². The summed E-state index contributed by atoms with van der Waals surface area (Å²) in [4.78, 5) is 35.4. The minimum atomic E-state index is -0.200. The Labute approximate surface area is 177 Å². The average molecular weight is 421 g/mol. The highest BCUT2D eigenvalue weighted by atomic mass is 32.2. The number of nitrogens with one attached hydrogen (secondary N) is 1. The van der Waals surface area contributed by atoms with Crippen LogP contribution in [-0.2, 0) is 9.59 Å². The summed E-state index contributed by atoms with van der Waals surface area (Å²) in [5, 5.41) is 2.83. The molecule has 0 saturated carbocycles. The molecule has 2 aromatic carbocycles. The molecule has 1 aromatic heterocycles. The van der Waals surface area contributed by atoms with Crippen LogP contribution in [0.15, 0.2) is 65.8 Å². The van der Waals surface area contributed by atoms with E-state index in [1.165, 1.54) is 16.7 Å². The number of thiocarbonyl (C=S) groups is 1. The standard InChI is InChI=1S/C21H16N4O2S2/c26-19(24-15-6-7-16-17(13-15)23-10-9-22-16)8-11-25-20(27)18(29-21(25)28)12-14-4-2-1-3-5-14/h1-7,9-10,12-13H,8,11H2,(H,24,26)/b18-12+. The van der Waals surface area contributed by atoms with Crippen molar-refractivity contribution in [1.29, 1.82) is 0 Å². The van der Waals surface area contributed by atoms with Crippen LogP contribution in [0.2, 0.25) is 0 Å². The highest BCUT2D eigenvalue weighted by molar-refractivity contribution is 8.26. The number of hydrogen-bond acceptors (Lipinski definition) is 6. The number of nitrogens with zero attached hydrogens (tertiary/aromatic N) is 3. The van der Waals surface area contributed by atoms with E-state index in [0.29, 0.717) is 20.4 Å². The van der Waals surface area contributed by atoms with Gasteiger partial charge < -0.3 is 5.32 Å². The Balaban J connectivity index is 1.37. The number of thioether (sulfide) groups is 1.